The fourth-order valence-corrected chi connectivity index (χ4v) is 4.73. The highest BCUT2D eigenvalue weighted by Crippen LogP contribution is 2.38. The molecule has 1 fully saturated rings. The van der Waals surface area contributed by atoms with Crippen molar-refractivity contribution in [2.45, 2.75) is 31.5 Å². The van der Waals surface area contributed by atoms with E-state index in [0.29, 0.717) is 11.9 Å². The summed E-state index contributed by atoms with van der Waals surface area (Å²) in [5.74, 6) is 0.487. The summed E-state index contributed by atoms with van der Waals surface area (Å²) in [6.07, 6.45) is 4.13. The second-order valence-electron chi connectivity index (χ2n) is 6.60. The molecule has 132 valence electrons. The van der Waals surface area contributed by atoms with Gasteiger partial charge in [-0.25, -0.2) is 0 Å². The number of nitrogens with zero attached hydrogens (tertiary/aromatic N) is 2. The molecule has 1 aromatic carbocycles. The van der Waals surface area contributed by atoms with Gasteiger partial charge in [0.2, 0.25) is 5.88 Å². The first kappa shape index (κ1) is 16.9. The lowest BCUT2D eigenvalue weighted by molar-refractivity contribution is -0.162. The molecular formula is C19H22ClN3OS. The summed E-state index contributed by atoms with van der Waals surface area (Å²) in [6, 6.07) is 15.1. The van der Waals surface area contributed by atoms with Crippen molar-refractivity contribution < 1.29 is 4.84 Å². The first-order valence-corrected chi connectivity index (χ1v) is 9.83. The predicted molar refractivity (Wildman–Crippen MR) is 102 cm³/mol. The molecule has 25 heavy (non-hydrogen) atoms. The average Bonchev–Trinajstić information content (AvgIpc) is 3.22. The molecular weight excluding hydrogens is 354 g/mol. The Labute approximate surface area is 157 Å². The van der Waals surface area contributed by atoms with Gasteiger partial charge < -0.3 is 10.6 Å². The Morgan fingerprint density at radius 2 is 1.88 bits per heavy atom. The Balaban J connectivity index is 1.38. The third kappa shape index (κ3) is 3.85. The number of halogens is 1. The smallest absolute Gasteiger partial charge is 0.207 e. The fraction of sp³-hybridized carbons (Fsp3) is 0.368. The molecule has 0 amide bonds. The Morgan fingerprint density at radius 1 is 1.12 bits per heavy atom. The number of hydrogen-bond donors (Lipinski definition) is 1. The monoisotopic (exact) mass is 375 g/mol. The molecule has 4 rings (SSSR count). The number of thiophene rings is 1. The van der Waals surface area contributed by atoms with Crippen LogP contribution in [-0.2, 0) is 11.4 Å². The Kier molecular flexibility index (Phi) is 4.99. The zero-order valence-corrected chi connectivity index (χ0v) is 15.5. The van der Waals surface area contributed by atoms with E-state index in [9.17, 15) is 0 Å². The number of piperidine rings is 1. The highest BCUT2D eigenvalue weighted by molar-refractivity contribution is 7.16. The van der Waals surface area contributed by atoms with Crippen LogP contribution in [0.3, 0.4) is 0 Å². The van der Waals surface area contributed by atoms with Crippen LogP contribution >= 0.6 is 22.9 Å². The molecule has 4 nitrogen and oxygen atoms in total. The molecule has 0 aliphatic carbocycles. The van der Waals surface area contributed by atoms with Crippen molar-refractivity contribution in [3.05, 3.63) is 69.2 Å². The molecule has 6 heteroatoms. The van der Waals surface area contributed by atoms with Crippen LogP contribution in [0.5, 0.6) is 0 Å². The van der Waals surface area contributed by atoms with Crippen LogP contribution in [0, 0.1) is 0 Å². The molecule has 2 aromatic rings. The Bertz CT molecular complexity index is 740. The van der Waals surface area contributed by atoms with Crippen LogP contribution in [0.1, 0.15) is 29.3 Å². The van der Waals surface area contributed by atoms with E-state index in [2.05, 4.69) is 46.4 Å². The summed E-state index contributed by atoms with van der Waals surface area (Å²) in [5.41, 5.74) is 7.32. The summed E-state index contributed by atoms with van der Waals surface area (Å²) >= 11 is 7.70. The highest BCUT2D eigenvalue weighted by atomic mass is 35.5. The molecule has 1 saturated heterocycles. The highest BCUT2D eigenvalue weighted by Gasteiger charge is 2.36. The van der Waals surface area contributed by atoms with Crippen LogP contribution in [0.15, 0.2) is 54.4 Å². The SMILES string of the molecule is NC1=CC(c2ccc(Cl)s2)N(C2CCN(Cc3ccccc3)CC2)O1. The van der Waals surface area contributed by atoms with Gasteiger partial charge in [-0.3, -0.25) is 4.90 Å². The summed E-state index contributed by atoms with van der Waals surface area (Å²) < 4.78 is 0.798. The van der Waals surface area contributed by atoms with Gasteiger partial charge >= 0.3 is 0 Å². The van der Waals surface area contributed by atoms with E-state index in [-0.39, 0.29) is 6.04 Å². The van der Waals surface area contributed by atoms with Crippen molar-refractivity contribution >= 4 is 22.9 Å². The van der Waals surface area contributed by atoms with Crippen molar-refractivity contribution in [2.75, 3.05) is 13.1 Å². The van der Waals surface area contributed by atoms with Gasteiger partial charge in [-0.2, -0.15) is 0 Å². The largest absolute Gasteiger partial charge is 0.387 e. The van der Waals surface area contributed by atoms with E-state index < -0.39 is 0 Å². The summed E-state index contributed by atoms with van der Waals surface area (Å²) in [7, 11) is 0. The normalized spacial score (nSPS) is 22.8. The zero-order chi connectivity index (χ0) is 17.2. The molecule has 1 aromatic heterocycles. The number of hydrogen-bond acceptors (Lipinski definition) is 5. The summed E-state index contributed by atoms with van der Waals surface area (Å²) in [6.45, 7) is 3.15. The van der Waals surface area contributed by atoms with Crippen molar-refractivity contribution in [1.29, 1.82) is 0 Å². The van der Waals surface area contributed by atoms with Gasteiger partial charge in [-0.05, 0) is 30.5 Å². The van der Waals surface area contributed by atoms with Gasteiger partial charge in [0.1, 0.15) is 6.04 Å². The minimum absolute atomic E-state index is 0.0724. The van der Waals surface area contributed by atoms with Crippen molar-refractivity contribution in [3.63, 3.8) is 0 Å². The lowest BCUT2D eigenvalue weighted by atomic mass is 10.0. The van der Waals surface area contributed by atoms with Gasteiger partial charge in [-0.15, -0.1) is 16.4 Å². The standard InChI is InChI=1S/C19H22ClN3OS/c20-18-7-6-17(25-18)16-12-19(21)24-23(16)15-8-10-22(11-9-15)13-14-4-2-1-3-5-14/h1-7,12,15-16H,8-11,13,21H2. The molecule has 0 bridgehead atoms. The molecule has 0 spiro atoms. The van der Waals surface area contributed by atoms with Gasteiger partial charge in [0, 0.05) is 36.6 Å². The van der Waals surface area contributed by atoms with E-state index in [0.717, 1.165) is 36.8 Å². The van der Waals surface area contributed by atoms with E-state index in [4.69, 9.17) is 22.2 Å². The number of nitrogens with two attached hydrogens (primary N) is 1. The molecule has 2 aliphatic rings. The topological polar surface area (TPSA) is 41.7 Å². The van der Waals surface area contributed by atoms with E-state index in [1.54, 1.807) is 11.3 Å². The minimum atomic E-state index is 0.0724. The van der Waals surface area contributed by atoms with E-state index in [1.807, 2.05) is 12.1 Å². The van der Waals surface area contributed by atoms with Gasteiger partial charge in [0.05, 0.1) is 4.34 Å². The van der Waals surface area contributed by atoms with Gasteiger partial charge in [-0.1, -0.05) is 41.9 Å². The molecule has 1 atom stereocenters. The van der Waals surface area contributed by atoms with Gasteiger partial charge in [0.25, 0.3) is 0 Å². The lowest BCUT2D eigenvalue weighted by Gasteiger charge is -2.37. The number of hydroxylamine groups is 2. The second-order valence-corrected chi connectivity index (χ2v) is 8.35. The Hall–Kier alpha value is -1.53. The van der Waals surface area contributed by atoms with Crippen LogP contribution in [0.4, 0.5) is 0 Å². The number of rotatable bonds is 4. The fourth-order valence-electron chi connectivity index (χ4n) is 3.61. The maximum Gasteiger partial charge on any atom is 0.207 e. The molecule has 2 N–H and O–H groups in total. The van der Waals surface area contributed by atoms with E-state index >= 15 is 0 Å². The predicted octanol–water partition coefficient (Wildman–Crippen LogP) is 4.15. The third-order valence-electron chi connectivity index (χ3n) is 4.86. The Morgan fingerprint density at radius 3 is 2.56 bits per heavy atom. The molecule has 0 radical (unpaired) electrons. The van der Waals surface area contributed by atoms with E-state index in [1.165, 1.54) is 10.4 Å². The number of benzene rings is 1. The molecule has 0 saturated carbocycles. The van der Waals surface area contributed by atoms with Gasteiger partial charge in [0.15, 0.2) is 0 Å². The average molecular weight is 376 g/mol. The first-order chi connectivity index (χ1) is 12.2. The third-order valence-corrected chi connectivity index (χ3v) is 6.16. The summed E-state index contributed by atoms with van der Waals surface area (Å²) in [5, 5.41) is 2.07. The van der Waals surface area contributed by atoms with Crippen molar-refractivity contribution in [3.8, 4) is 0 Å². The maximum absolute atomic E-state index is 6.11. The van der Waals surface area contributed by atoms with Crippen LogP contribution in [0.25, 0.3) is 0 Å². The van der Waals surface area contributed by atoms with Crippen LogP contribution in [0.2, 0.25) is 4.34 Å². The summed E-state index contributed by atoms with van der Waals surface area (Å²) in [4.78, 5) is 9.54. The quantitative estimate of drug-likeness (QED) is 0.871. The van der Waals surface area contributed by atoms with Crippen molar-refractivity contribution in [2.24, 2.45) is 5.73 Å². The molecule has 1 unspecified atom stereocenters. The molecule has 2 aliphatic heterocycles. The second kappa shape index (κ2) is 7.38. The van der Waals surface area contributed by atoms with Crippen LogP contribution < -0.4 is 5.73 Å². The number of likely N-dealkylation sites (tertiary alicyclic amines) is 1. The van der Waals surface area contributed by atoms with Crippen molar-refractivity contribution in [1.82, 2.24) is 9.96 Å². The lowest BCUT2D eigenvalue weighted by Crippen LogP contribution is -2.44. The first-order valence-electron chi connectivity index (χ1n) is 8.64. The minimum Gasteiger partial charge on any atom is -0.387 e. The maximum atomic E-state index is 6.11. The van der Waals surface area contributed by atoms with Crippen LogP contribution in [-0.4, -0.2) is 29.1 Å². The zero-order valence-electron chi connectivity index (χ0n) is 14.0. The molecule has 3 heterocycles.